The second-order valence-electron chi connectivity index (χ2n) is 6.04. The number of hydrogen-bond donors (Lipinski definition) is 2. The van der Waals surface area contributed by atoms with Crippen LogP contribution < -0.4 is 14.8 Å². The molecule has 0 spiro atoms. The first-order chi connectivity index (χ1) is 11.2. The second kappa shape index (κ2) is 8.77. The van der Waals surface area contributed by atoms with Gasteiger partial charge in [-0.1, -0.05) is 31.4 Å². The molecule has 1 saturated carbocycles. The van der Waals surface area contributed by atoms with E-state index in [9.17, 15) is 9.90 Å². The molecule has 0 aromatic heterocycles. The van der Waals surface area contributed by atoms with E-state index < -0.39 is 6.10 Å². The number of nitrogens with one attached hydrogen (secondary N) is 1. The van der Waals surface area contributed by atoms with Crippen LogP contribution in [-0.4, -0.2) is 37.9 Å². The van der Waals surface area contributed by atoms with Crippen molar-refractivity contribution < 1.29 is 19.4 Å². The number of carbonyl (C=O) groups is 1. The number of carbonyl (C=O) groups excluding carboxylic acids is 1. The maximum absolute atomic E-state index is 12.1. The van der Waals surface area contributed by atoms with Gasteiger partial charge in [-0.15, -0.1) is 0 Å². The molecule has 5 heteroatoms. The van der Waals surface area contributed by atoms with Crippen LogP contribution in [0.1, 0.15) is 37.7 Å². The van der Waals surface area contributed by atoms with Gasteiger partial charge in [0.2, 0.25) is 5.91 Å². The molecule has 0 bridgehead atoms. The monoisotopic (exact) mass is 321 g/mol. The van der Waals surface area contributed by atoms with Gasteiger partial charge in [0, 0.05) is 6.54 Å². The average molecular weight is 321 g/mol. The van der Waals surface area contributed by atoms with Crippen molar-refractivity contribution in [1.29, 1.82) is 0 Å². The first-order valence-electron chi connectivity index (χ1n) is 8.33. The van der Waals surface area contributed by atoms with Crippen LogP contribution >= 0.6 is 0 Å². The predicted octanol–water partition coefficient (Wildman–Crippen LogP) is 2.30. The Morgan fingerprint density at radius 1 is 1.26 bits per heavy atom. The van der Waals surface area contributed by atoms with Gasteiger partial charge >= 0.3 is 0 Å². The fourth-order valence-electron chi connectivity index (χ4n) is 3.24. The Hall–Kier alpha value is -1.75. The number of hydrogen-bond acceptors (Lipinski definition) is 4. The van der Waals surface area contributed by atoms with Crippen LogP contribution in [0.4, 0.5) is 0 Å². The van der Waals surface area contributed by atoms with E-state index in [-0.39, 0.29) is 11.8 Å². The van der Waals surface area contributed by atoms with Gasteiger partial charge in [0.05, 0.1) is 14.2 Å². The highest BCUT2D eigenvalue weighted by Crippen LogP contribution is 2.31. The van der Waals surface area contributed by atoms with Crippen molar-refractivity contribution in [2.45, 2.75) is 44.6 Å². The lowest BCUT2D eigenvalue weighted by Gasteiger charge is -2.25. The van der Waals surface area contributed by atoms with Gasteiger partial charge in [-0.05, 0) is 36.8 Å². The number of rotatable bonds is 7. The van der Waals surface area contributed by atoms with E-state index in [2.05, 4.69) is 5.32 Å². The minimum absolute atomic E-state index is 0.107. The molecule has 1 aliphatic carbocycles. The average Bonchev–Trinajstić information content (AvgIpc) is 2.61. The Morgan fingerprint density at radius 3 is 2.65 bits per heavy atom. The number of amides is 1. The van der Waals surface area contributed by atoms with Gasteiger partial charge in [-0.2, -0.15) is 0 Å². The van der Waals surface area contributed by atoms with Crippen molar-refractivity contribution in [2.24, 2.45) is 5.92 Å². The van der Waals surface area contributed by atoms with Crippen molar-refractivity contribution in [3.8, 4) is 11.5 Å². The zero-order valence-corrected chi connectivity index (χ0v) is 14.0. The van der Waals surface area contributed by atoms with Crippen LogP contribution in [0.15, 0.2) is 18.2 Å². The number of para-hydroxylation sites is 1. The Bertz CT molecular complexity index is 512. The van der Waals surface area contributed by atoms with Gasteiger partial charge in [-0.3, -0.25) is 4.79 Å². The van der Waals surface area contributed by atoms with Crippen molar-refractivity contribution in [2.75, 3.05) is 20.8 Å². The summed E-state index contributed by atoms with van der Waals surface area (Å²) in [5, 5.41) is 13.0. The molecule has 1 aliphatic rings. The molecule has 0 heterocycles. The summed E-state index contributed by atoms with van der Waals surface area (Å²) in [6.07, 6.45) is 5.05. The molecule has 0 aliphatic heterocycles. The molecule has 1 fully saturated rings. The molecule has 1 aromatic rings. The summed E-state index contributed by atoms with van der Waals surface area (Å²) in [7, 11) is 3.21. The summed E-state index contributed by atoms with van der Waals surface area (Å²) >= 11 is 0. The standard InChI is InChI=1S/C18H27NO4/c1-22-15-10-6-9-14(17(15)23-2)11-12-19-18(21)16(20)13-7-4-3-5-8-13/h6,9-10,13,16,20H,3-5,7-8,11-12H2,1-2H3,(H,19,21)/t16-/m1/s1. The van der Waals surface area contributed by atoms with Gasteiger partial charge in [0.15, 0.2) is 11.5 Å². The molecule has 2 N–H and O–H groups in total. The molecule has 1 atom stereocenters. The molecular formula is C18H27NO4. The van der Waals surface area contributed by atoms with E-state index in [1.807, 2.05) is 18.2 Å². The lowest BCUT2D eigenvalue weighted by Crippen LogP contribution is -2.40. The second-order valence-corrected chi connectivity index (χ2v) is 6.04. The highest BCUT2D eigenvalue weighted by Gasteiger charge is 2.27. The highest BCUT2D eigenvalue weighted by molar-refractivity contribution is 5.80. The van der Waals surface area contributed by atoms with E-state index in [4.69, 9.17) is 9.47 Å². The molecule has 0 radical (unpaired) electrons. The molecule has 0 saturated heterocycles. The first kappa shape index (κ1) is 17.6. The molecule has 128 valence electrons. The van der Waals surface area contributed by atoms with Gasteiger partial charge < -0.3 is 19.9 Å². The minimum Gasteiger partial charge on any atom is -0.493 e. The Labute approximate surface area is 138 Å². The fourth-order valence-corrected chi connectivity index (χ4v) is 3.24. The normalized spacial score (nSPS) is 16.7. The summed E-state index contributed by atoms with van der Waals surface area (Å²) in [5.74, 6) is 1.21. The van der Waals surface area contributed by atoms with Crippen LogP contribution in [-0.2, 0) is 11.2 Å². The lowest BCUT2D eigenvalue weighted by molar-refractivity contribution is -0.132. The summed E-state index contributed by atoms with van der Waals surface area (Å²) < 4.78 is 10.6. The third kappa shape index (κ3) is 4.61. The Balaban J connectivity index is 1.85. The molecule has 5 nitrogen and oxygen atoms in total. The van der Waals surface area contributed by atoms with Crippen LogP contribution in [0, 0.1) is 5.92 Å². The van der Waals surface area contributed by atoms with E-state index in [0.29, 0.717) is 24.5 Å². The third-order valence-electron chi connectivity index (χ3n) is 4.54. The summed E-state index contributed by atoms with van der Waals surface area (Å²) in [4.78, 5) is 12.1. The number of aliphatic hydroxyl groups excluding tert-OH is 1. The van der Waals surface area contributed by atoms with Gasteiger partial charge in [0.25, 0.3) is 0 Å². The quantitative estimate of drug-likeness (QED) is 0.808. The zero-order chi connectivity index (χ0) is 16.7. The van der Waals surface area contributed by atoms with E-state index >= 15 is 0 Å². The summed E-state index contributed by atoms with van der Waals surface area (Å²) in [5.41, 5.74) is 0.972. The molecule has 0 unspecified atom stereocenters. The maximum Gasteiger partial charge on any atom is 0.249 e. The van der Waals surface area contributed by atoms with E-state index in [0.717, 1.165) is 31.2 Å². The maximum atomic E-state index is 12.1. The van der Waals surface area contributed by atoms with Crippen LogP contribution in [0.25, 0.3) is 0 Å². The molecular weight excluding hydrogens is 294 g/mol. The number of ether oxygens (including phenoxy) is 2. The number of aliphatic hydroxyl groups is 1. The molecule has 1 aromatic carbocycles. The fraction of sp³-hybridized carbons (Fsp3) is 0.611. The van der Waals surface area contributed by atoms with Crippen molar-refractivity contribution >= 4 is 5.91 Å². The summed E-state index contributed by atoms with van der Waals surface area (Å²) in [6, 6.07) is 5.69. The zero-order valence-electron chi connectivity index (χ0n) is 14.0. The Kier molecular flexibility index (Phi) is 6.71. The van der Waals surface area contributed by atoms with E-state index in [1.165, 1.54) is 6.42 Å². The summed E-state index contributed by atoms with van der Waals surface area (Å²) in [6.45, 7) is 0.464. The third-order valence-corrected chi connectivity index (χ3v) is 4.54. The minimum atomic E-state index is -0.887. The van der Waals surface area contributed by atoms with Crippen LogP contribution in [0.5, 0.6) is 11.5 Å². The van der Waals surface area contributed by atoms with Crippen LogP contribution in [0.2, 0.25) is 0 Å². The molecule has 2 rings (SSSR count). The number of benzene rings is 1. The predicted molar refractivity (Wildman–Crippen MR) is 88.8 cm³/mol. The van der Waals surface area contributed by atoms with Crippen molar-refractivity contribution in [3.63, 3.8) is 0 Å². The van der Waals surface area contributed by atoms with Crippen molar-refractivity contribution in [3.05, 3.63) is 23.8 Å². The highest BCUT2D eigenvalue weighted by atomic mass is 16.5. The Morgan fingerprint density at radius 2 is 2.00 bits per heavy atom. The smallest absolute Gasteiger partial charge is 0.249 e. The molecule has 1 amide bonds. The van der Waals surface area contributed by atoms with Crippen molar-refractivity contribution in [1.82, 2.24) is 5.32 Å². The largest absolute Gasteiger partial charge is 0.493 e. The lowest BCUT2D eigenvalue weighted by atomic mass is 9.85. The van der Waals surface area contributed by atoms with Gasteiger partial charge in [0.1, 0.15) is 6.10 Å². The first-order valence-corrected chi connectivity index (χ1v) is 8.33. The topological polar surface area (TPSA) is 67.8 Å². The van der Waals surface area contributed by atoms with E-state index in [1.54, 1.807) is 14.2 Å². The number of methoxy groups -OCH3 is 2. The van der Waals surface area contributed by atoms with Gasteiger partial charge in [-0.25, -0.2) is 0 Å². The molecule has 23 heavy (non-hydrogen) atoms. The van der Waals surface area contributed by atoms with Crippen LogP contribution in [0.3, 0.4) is 0 Å². The SMILES string of the molecule is COc1cccc(CCNC(=O)[C@H](O)C2CCCCC2)c1OC.